The van der Waals surface area contributed by atoms with Gasteiger partial charge in [0, 0.05) is 29.1 Å². The van der Waals surface area contributed by atoms with Crippen LogP contribution in [0.1, 0.15) is 78.9 Å². The Morgan fingerprint density at radius 1 is 0.920 bits per heavy atom. The third kappa shape index (κ3) is 7.05. The number of nitrogens with zero attached hydrogens (tertiary/aromatic N) is 3. The lowest BCUT2D eigenvalue weighted by molar-refractivity contribution is -0.137. The molecule has 2 saturated heterocycles. The van der Waals surface area contributed by atoms with Crippen molar-refractivity contribution in [1.29, 1.82) is 0 Å². The summed E-state index contributed by atoms with van der Waals surface area (Å²) in [6.07, 6.45) is 2.50. The van der Waals surface area contributed by atoms with Gasteiger partial charge >= 0.3 is 6.18 Å². The molecular weight excluding hydrogens is 662 g/mol. The highest BCUT2D eigenvalue weighted by molar-refractivity contribution is 7.91. The molecule has 1 amide bonds. The molecule has 0 bridgehead atoms. The van der Waals surface area contributed by atoms with Gasteiger partial charge in [0.2, 0.25) is 0 Å². The van der Waals surface area contributed by atoms with Gasteiger partial charge < -0.3 is 10.2 Å². The first-order valence-corrected chi connectivity index (χ1v) is 19.3. The summed E-state index contributed by atoms with van der Waals surface area (Å²) >= 11 is 0. The minimum Gasteiger partial charge on any atom is -0.342 e. The zero-order chi connectivity index (χ0) is 35.1. The van der Waals surface area contributed by atoms with E-state index >= 15 is 0 Å². The zero-order valence-corrected chi connectivity index (χ0v) is 29.1. The highest BCUT2D eigenvalue weighted by atomic mass is 32.2. The Balaban J connectivity index is 1.37. The molecule has 11 heteroatoms. The summed E-state index contributed by atoms with van der Waals surface area (Å²) in [6, 6.07) is 19.8. The number of piperidine rings is 2. The number of carbonyl (C=O) groups is 1. The average Bonchev–Trinajstić information content (AvgIpc) is 3.92. The van der Waals surface area contributed by atoms with Gasteiger partial charge in [-0.3, -0.25) is 9.69 Å². The number of sulfone groups is 1. The number of amides is 1. The first-order chi connectivity index (χ1) is 24.0. The van der Waals surface area contributed by atoms with E-state index in [4.69, 9.17) is 4.98 Å². The molecular formula is C39H43F3N4O3S. The Labute approximate surface area is 291 Å². The van der Waals surface area contributed by atoms with Crippen LogP contribution in [0.25, 0.3) is 22.2 Å². The number of benzene rings is 3. The van der Waals surface area contributed by atoms with Crippen molar-refractivity contribution in [3.05, 3.63) is 95.1 Å². The van der Waals surface area contributed by atoms with E-state index in [2.05, 4.69) is 15.1 Å². The van der Waals surface area contributed by atoms with Gasteiger partial charge in [-0.1, -0.05) is 55.8 Å². The Hall–Kier alpha value is -3.80. The fourth-order valence-electron chi connectivity index (χ4n) is 7.73. The van der Waals surface area contributed by atoms with Crippen LogP contribution in [0.3, 0.4) is 0 Å². The number of nitrogens with one attached hydrogen (secondary N) is 1. The third-order valence-corrected chi connectivity index (χ3v) is 12.5. The fourth-order valence-corrected chi connectivity index (χ4v) is 8.64. The quantitative estimate of drug-likeness (QED) is 0.194. The van der Waals surface area contributed by atoms with Crippen molar-refractivity contribution in [2.45, 2.75) is 81.1 Å². The number of hydrogen-bond acceptors (Lipinski definition) is 6. The van der Waals surface area contributed by atoms with E-state index in [1.165, 1.54) is 37.5 Å². The summed E-state index contributed by atoms with van der Waals surface area (Å²) in [4.78, 5) is 24.6. The van der Waals surface area contributed by atoms with Gasteiger partial charge in [-0.25, -0.2) is 13.4 Å². The van der Waals surface area contributed by atoms with Crippen LogP contribution in [-0.4, -0.2) is 67.1 Å². The highest BCUT2D eigenvalue weighted by Gasteiger charge is 2.46. The average molecular weight is 705 g/mol. The van der Waals surface area contributed by atoms with Crippen molar-refractivity contribution in [2.75, 3.05) is 31.9 Å². The summed E-state index contributed by atoms with van der Waals surface area (Å²) in [5, 5.41) is 3.66. The summed E-state index contributed by atoms with van der Waals surface area (Å²) in [5.74, 6) is -0.512. The molecule has 2 aliphatic heterocycles. The standard InChI is InChI=1S/C39H43F3N4O3S/c1-2-50(48,49)31-14-15-34-32(25-31)35(37(47)44-38(18-19-38)28-11-5-3-6-12-28)33(36(43-34)27-10-9-13-29(24-27)39(40,41)42)26-45-22-16-30(17-23-45)46-20-7-4-8-21-46/h3,5-6,9-15,24-25,30H,2,4,7-8,16-23,26H2,1H3,(H,44,47). The normalized spacial score (nSPS) is 19.0. The molecule has 0 radical (unpaired) electrons. The Morgan fingerprint density at radius 3 is 2.30 bits per heavy atom. The number of likely N-dealkylation sites (tertiary alicyclic amines) is 2. The lowest BCUT2D eigenvalue weighted by Gasteiger charge is -2.40. The fraction of sp³-hybridized carbons (Fsp3) is 0.436. The van der Waals surface area contributed by atoms with Crippen LogP contribution in [0.5, 0.6) is 0 Å². The number of rotatable bonds is 9. The van der Waals surface area contributed by atoms with Crippen molar-refractivity contribution in [1.82, 2.24) is 20.1 Å². The first-order valence-electron chi connectivity index (χ1n) is 17.7. The second kappa shape index (κ2) is 13.7. The van der Waals surface area contributed by atoms with Gasteiger partial charge in [-0.2, -0.15) is 13.2 Å². The molecule has 0 atom stereocenters. The first kappa shape index (κ1) is 34.6. The summed E-state index contributed by atoms with van der Waals surface area (Å²) in [6.45, 7) is 5.59. The number of carbonyl (C=O) groups excluding carboxylic acids is 1. The second-order valence-electron chi connectivity index (χ2n) is 14.0. The summed E-state index contributed by atoms with van der Waals surface area (Å²) in [7, 11) is -3.64. The Morgan fingerprint density at radius 2 is 1.64 bits per heavy atom. The van der Waals surface area contributed by atoms with Gasteiger partial charge in [0.05, 0.1) is 38.5 Å². The molecule has 0 spiro atoms. The van der Waals surface area contributed by atoms with Gasteiger partial charge in [-0.15, -0.1) is 0 Å². The smallest absolute Gasteiger partial charge is 0.342 e. The molecule has 3 heterocycles. The monoisotopic (exact) mass is 704 g/mol. The number of halogens is 3. The van der Waals surface area contributed by atoms with Crippen LogP contribution in [0.2, 0.25) is 0 Å². The zero-order valence-electron chi connectivity index (χ0n) is 28.3. The molecule has 7 rings (SSSR count). The predicted molar refractivity (Wildman–Crippen MR) is 188 cm³/mol. The lowest BCUT2D eigenvalue weighted by atomic mass is 9.93. The minimum absolute atomic E-state index is 0.0765. The third-order valence-electron chi connectivity index (χ3n) is 10.8. The largest absolute Gasteiger partial charge is 0.416 e. The highest BCUT2D eigenvalue weighted by Crippen LogP contribution is 2.46. The topological polar surface area (TPSA) is 82.6 Å². The molecule has 264 valence electrons. The van der Waals surface area contributed by atoms with Crippen LogP contribution < -0.4 is 5.32 Å². The molecule has 3 fully saturated rings. The van der Waals surface area contributed by atoms with E-state index in [9.17, 15) is 26.4 Å². The van der Waals surface area contributed by atoms with E-state index < -0.39 is 33.0 Å². The molecule has 1 aliphatic carbocycles. The van der Waals surface area contributed by atoms with Crippen LogP contribution in [-0.2, 0) is 28.1 Å². The molecule has 3 aromatic carbocycles. The number of fused-ring (bicyclic) bond motifs is 1. The van der Waals surface area contributed by atoms with E-state index in [0.717, 1.165) is 69.6 Å². The second-order valence-corrected chi connectivity index (χ2v) is 16.3. The van der Waals surface area contributed by atoms with Crippen molar-refractivity contribution in [2.24, 2.45) is 0 Å². The van der Waals surface area contributed by atoms with Crippen molar-refractivity contribution in [3.63, 3.8) is 0 Å². The van der Waals surface area contributed by atoms with Crippen molar-refractivity contribution in [3.8, 4) is 11.3 Å². The molecule has 1 saturated carbocycles. The number of hydrogen-bond donors (Lipinski definition) is 1. The summed E-state index contributed by atoms with van der Waals surface area (Å²) in [5.41, 5.74) is 1.24. The van der Waals surface area contributed by atoms with Crippen molar-refractivity contribution < 1.29 is 26.4 Å². The molecule has 50 heavy (non-hydrogen) atoms. The molecule has 0 unspecified atom stereocenters. The van der Waals surface area contributed by atoms with Crippen LogP contribution in [0.4, 0.5) is 13.2 Å². The van der Waals surface area contributed by atoms with Crippen LogP contribution >= 0.6 is 0 Å². The SMILES string of the molecule is CCS(=O)(=O)c1ccc2nc(-c3cccc(C(F)(F)F)c3)c(CN3CCC(N4CCCCC4)CC3)c(C(=O)NC3(c4ccccc4)CC3)c2c1. The number of alkyl halides is 3. The van der Waals surface area contributed by atoms with E-state index in [1.807, 2.05) is 30.3 Å². The molecule has 3 aliphatic rings. The van der Waals surface area contributed by atoms with Gasteiger partial charge in [0.1, 0.15) is 0 Å². The Bertz CT molecular complexity index is 1980. The van der Waals surface area contributed by atoms with E-state index in [-0.39, 0.29) is 28.3 Å². The minimum atomic E-state index is -4.57. The van der Waals surface area contributed by atoms with Crippen LogP contribution in [0.15, 0.2) is 77.7 Å². The molecule has 4 aromatic rings. The van der Waals surface area contributed by atoms with Gasteiger partial charge in [-0.05, 0) is 101 Å². The van der Waals surface area contributed by atoms with Crippen LogP contribution in [0, 0.1) is 0 Å². The lowest BCUT2D eigenvalue weighted by Crippen LogP contribution is -2.46. The van der Waals surface area contributed by atoms with E-state index in [0.29, 0.717) is 28.2 Å². The van der Waals surface area contributed by atoms with Gasteiger partial charge in [0.25, 0.3) is 5.91 Å². The van der Waals surface area contributed by atoms with E-state index in [1.54, 1.807) is 19.1 Å². The molecule has 7 nitrogen and oxygen atoms in total. The molecule has 1 aromatic heterocycles. The maximum Gasteiger partial charge on any atom is 0.416 e. The maximum atomic E-state index is 14.8. The van der Waals surface area contributed by atoms with Crippen molar-refractivity contribution >= 4 is 26.6 Å². The Kier molecular flexibility index (Phi) is 9.51. The number of aromatic nitrogens is 1. The maximum absolute atomic E-state index is 14.8. The predicted octanol–water partition coefficient (Wildman–Crippen LogP) is 7.58. The number of pyridine rings is 1. The van der Waals surface area contributed by atoms with Gasteiger partial charge in [0.15, 0.2) is 9.84 Å². The summed E-state index contributed by atoms with van der Waals surface area (Å²) < 4.78 is 68.2. The molecule has 1 N–H and O–H groups in total.